The number of rotatable bonds is 4. The molecule has 5 nitrogen and oxygen atoms in total. The van der Waals surface area contributed by atoms with Crippen molar-refractivity contribution in [3.8, 4) is 0 Å². The number of halogens is 1. The lowest BCUT2D eigenvalue weighted by Gasteiger charge is -2.22. The van der Waals surface area contributed by atoms with E-state index in [1.54, 1.807) is 30.3 Å². The van der Waals surface area contributed by atoms with Gasteiger partial charge in [-0.25, -0.2) is 4.79 Å². The molecule has 0 bridgehead atoms. The molecular formula is C12H17ClN2O3. The van der Waals surface area contributed by atoms with Gasteiger partial charge >= 0.3 is 5.97 Å². The lowest BCUT2D eigenvalue weighted by atomic mass is 10.0. The summed E-state index contributed by atoms with van der Waals surface area (Å²) < 4.78 is 0. The number of carboxylic acid groups (broad SMARTS) is 1. The summed E-state index contributed by atoms with van der Waals surface area (Å²) >= 11 is 0. The van der Waals surface area contributed by atoms with Crippen LogP contribution in [-0.2, 0) is 9.59 Å². The lowest BCUT2D eigenvalue weighted by Crippen LogP contribution is -2.51. The number of hydrogen-bond acceptors (Lipinski definition) is 3. The molecule has 18 heavy (non-hydrogen) atoms. The van der Waals surface area contributed by atoms with Crippen molar-refractivity contribution in [1.82, 2.24) is 5.32 Å². The van der Waals surface area contributed by atoms with Crippen molar-refractivity contribution >= 4 is 24.3 Å². The molecule has 4 N–H and O–H groups in total. The molecule has 6 heteroatoms. The van der Waals surface area contributed by atoms with E-state index < -0.39 is 23.5 Å². The van der Waals surface area contributed by atoms with Crippen LogP contribution < -0.4 is 11.1 Å². The van der Waals surface area contributed by atoms with Gasteiger partial charge in [-0.1, -0.05) is 30.3 Å². The Morgan fingerprint density at radius 1 is 1.28 bits per heavy atom. The lowest BCUT2D eigenvalue weighted by molar-refractivity contribution is -0.142. The van der Waals surface area contributed by atoms with Gasteiger partial charge < -0.3 is 16.2 Å². The SMILES string of the molecule is CC(C)(N)C(=O)NC(C(=O)O)c1ccccc1.Cl. The second-order valence-electron chi connectivity index (χ2n) is 4.38. The van der Waals surface area contributed by atoms with Gasteiger partial charge in [0.1, 0.15) is 0 Å². The zero-order chi connectivity index (χ0) is 13.1. The third-order valence-electron chi connectivity index (χ3n) is 2.24. The van der Waals surface area contributed by atoms with Crippen LogP contribution in [0.3, 0.4) is 0 Å². The van der Waals surface area contributed by atoms with Crippen LogP contribution in [0.15, 0.2) is 30.3 Å². The number of nitrogens with two attached hydrogens (primary N) is 1. The Morgan fingerprint density at radius 2 is 1.78 bits per heavy atom. The van der Waals surface area contributed by atoms with E-state index in [1.165, 1.54) is 13.8 Å². The second kappa shape index (κ2) is 6.37. The average molecular weight is 273 g/mol. The topological polar surface area (TPSA) is 92.4 Å². The van der Waals surface area contributed by atoms with E-state index in [-0.39, 0.29) is 12.4 Å². The minimum atomic E-state index is -1.12. The summed E-state index contributed by atoms with van der Waals surface area (Å²) in [6, 6.07) is 7.41. The first kappa shape index (κ1) is 16.4. The van der Waals surface area contributed by atoms with Gasteiger partial charge in [0.05, 0.1) is 5.54 Å². The fourth-order valence-electron chi connectivity index (χ4n) is 1.25. The number of amides is 1. The van der Waals surface area contributed by atoms with E-state index in [4.69, 9.17) is 10.8 Å². The number of carbonyl (C=O) groups is 2. The van der Waals surface area contributed by atoms with Gasteiger partial charge in [0.15, 0.2) is 6.04 Å². The summed E-state index contributed by atoms with van der Waals surface area (Å²) in [6.45, 7) is 3.04. The Kier molecular flexibility index (Phi) is 5.81. The van der Waals surface area contributed by atoms with Crippen molar-refractivity contribution < 1.29 is 14.7 Å². The maximum Gasteiger partial charge on any atom is 0.330 e. The van der Waals surface area contributed by atoms with Crippen molar-refractivity contribution in [2.24, 2.45) is 5.73 Å². The predicted octanol–water partition coefficient (Wildman–Crippen LogP) is 1.09. The Hall–Kier alpha value is -1.59. The Morgan fingerprint density at radius 3 is 2.17 bits per heavy atom. The van der Waals surface area contributed by atoms with E-state index in [0.29, 0.717) is 5.56 Å². The first-order valence-corrected chi connectivity index (χ1v) is 5.20. The van der Waals surface area contributed by atoms with E-state index >= 15 is 0 Å². The number of carbonyl (C=O) groups excluding carboxylic acids is 1. The third kappa shape index (κ3) is 4.35. The van der Waals surface area contributed by atoms with Gasteiger partial charge in [-0.3, -0.25) is 4.79 Å². The predicted molar refractivity (Wildman–Crippen MR) is 70.5 cm³/mol. The van der Waals surface area contributed by atoms with Crippen molar-refractivity contribution in [2.45, 2.75) is 25.4 Å². The summed E-state index contributed by atoms with van der Waals surface area (Å²) in [7, 11) is 0. The highest BCUT2D eigenvalue weighted by Gasteiger charge is 2.28. The van der Waals surface area contributed by atoms with Crippen molar-refractivity contribution in [2.75, 3.05) is 0 Å². The van der Waals surface area contributed by atoms with Crippen LogP contribution in [0.2, 0.25) is 0 Å². The molecule has 0 aliphatic carbocycles. The molecule has 0 saturated carbocycles. The maximum atomic E-state index is 11.7. The van der Waals surface area contributed by atoms with Crippen LogP contribution >= 0.6 is 12.4 Å². The minimum Gasteiger partial charge on any atom is -0.479 e. The minimum absolute atomic E-state index is 0. The zero-order valence-electron chi connectivity index (χ0n) is 10.2. The second-order valence-corrected chi connectivity index (χ2v) is 4.38. The van der Waals surface area contributed by atoms with Gasteiger partial charge in [0.2, 0.25) is 5.91 Å². The number of hydrogen-bond donors (Lipinski definition) is 3. The number of benzene rings is 1. The van der Waals surface area contributed by atoms with Crippen LogP contribution in [0.25, 0.3) is 0 Å². The molecular weight excluding hydrogens is 256 g/mol. The van der Waals surface area contributed by atoms with Gasteiger partial charge in [0.25, 0.3) is 0 Å². The molecule has 0 spiro atoms. The molecule has 1 aromatic rings. The van der Waals surface area contributed by atoms with Crippen LogP contribution in [0.4, 0.5) is 0 Å². The Bertz CT molecular complexity index is 415. The van der Waals surface area contributed by atoms with E-state index in [0.717, 1.165) is 0 Å². The van der Waals surface area contributed by atoms with Gasteiger partial charge in [0, 0.05) is 0 Å². The molecule has 0 aliphatic heterocycles. The average Bonchev–Trinajstić information content (AvgIpc) is 2.25. The van der Waals surface area contributed by atoms with Crippen LogP contribution in [-0.4, -0.2) is 22.5 Å². The first-order valence-electron chi connectivity index (χ1n) is 5.20. The molecule has 0 fully saturated rings. The fraction of sp³-hybridized carbons (Fsp3) is 0.333. The molecule has 1 atom stereocenters. The normalized spacial score (nSPS) is 12.2. The molecule has 0 saturated heterocycles. The summed E-state index contributed by atoms with van der Waals surface area (Å²) in [5, 5.41) is 11.5. The van der Waals surface area contributed by atoms with Crippen LogP contribution in [0.1, 0.15) is 25.5 Å². The fourth-order valence-corrected chi connectivity index (χ4v) is 1.25. The molecule has 100 valence electrons. The monoisotopic (exact) mass is 272 g/mol. The summed E-state index contributed by atoms with van der Waals surface area (Å²) in [5.74, 6) is -1.62. The number of carboxylic acids is 1. The quantitative estimate of drug-likeness (QED) is 0.765. The van der Waals surface area contributed by atoms with E-state index in [2.05, 4.69) is 5.32 Å². The highest BCUT2D eigenvalue weighted by molar-refractivity contribution is 5.89. The maximum absolute atomic E-state index is 11.7. The van der Waals surface area contributed by atoms with Crippen molar-refractivity contribution in [3.63, 3.8) is 0 Å². The first-order chi connectivity index (χ1) is 7.82. The highest BCUT2D eigenvalue weighted by atomic mass is 35.5. The van der Waals surface area contributed by atoms with Gasteiger partial charge in [-0.05, 0) is 19.4 Å². The molecule has 0 aliphatic rings. The van der Waals surface area contributed by atoms with Gasteiger partial charge in [-0.15, -0.1) is 12.4 Å². The Balaban J connectivity index is 0.00000289. The smallest absolute Gasteiger partial charge is 0.330 e. The summed E-state index contributed by atoms with van der Waals surface area (Å²) in [6.07, 6.45) is 0. The molecule has 1 rings (SSSR count). The summed E-state index contributed by atoms with van der Waals surface area (Å²) in [5.41, 5.74) is 5.00. The Labute approximate surface area is 112 Å². The van der Waals surface area contributed by atoms with Gasteiger partial charge in [-0.2, -0.15) is 0 Å². The van der Waals surface area contributed by atoms with Crippen LogP contribution in [0, 0.1) is 0 Å². The molecule has 0 radical (unpaired) electrons. The van der Waals surface area contributed by atoms with E-state index in [9.17, 15) is 9.59 Å². The van der Waals surface area contributed by atoms with Crippen molar-refractivity contribution in [1.29, 1.82) is 0 Å². The molecule has 1 unspecified atom stereocenters. The number of aliphatic carboxylic acids is 1. The zero-order valence-corrected chi connectivity index (χ0v) is 11.0. The van der Waals surface area contributed by atoms with Crippen LogP contribution in [0.5, 0.6) is 0 Å². The molecule has 1 amide bonds. The van der Waals surface area contributed by atoms with Crippen molar-refractivity contribution in [3.05, 3.63) is 35.9 Å². The highest BCUT2D eigenvalue weighted by Crippen LogP contribution is 2.13. The van der Waals surface area contributed by atoms with E-state index in [1.807, 2.05) is 0 Å². The standard InChI is InChI=1S/C12H16N2O3.ClH/c1-12(2,13)11(17)14-9(10(15)16)8-6-4-3-5-7-8;/h3-7,9H,13H2,1-2H3,(H,14,17)(H,15,16);1H. The molecule has 0 heterocycles. The number of nitrogens with one attached hydrogen (secondary N) is 1. The molecule has 0 aromatic heterocycles. The largest absolute Gasteiger partial charge is 0.479 e. The summed E-state index contributed by atoms with van der Waals surface area (Å²) in [4.78, 5) is 22.8. The third-order valence-corrected chi connectivity index (χ3v) is 2.24. The molecule has 1 aromatic carbocycles.